The Bertz CT molecular complexity index is 1480. The van der Waals surface area contributed by atoms with Crippen LogP contribution in [0.2, 0.25) is 10.0 Å². The number of aryl methyl sites for hydroxylation is 2. The summed E-state index contributed by atoms with van der Waals surface area (Å²) in [6.45, 7) is 4.41. The Balaban J connectivity index is 1.85. The molecule has 6 nitrogen and oxygen atoms in total. The topological polar surface area (TPSA) is 65.1 Å². The number of fused-ring (bicyclic) bond motifs is 3. The zero-order valence-corrected chi connectivity index (χ0v) is 19.1. The largest absolute Gasteiger partial charge is 0.352 e. The van der Waals surface area contributed by atoms with E-state index in [1.54, 1.807) is 46.5 Å². The number of hydrogen-bond acceptors (Lipinski definition) is 5. The van der Waals surface area contributed by atoms with E-state index in [0.29, 0.717) is 27.1 Å². The quantitative estimate of drug-likeness (QED) is 0.353. The van der Waals surface area contributed by atoms with E-state index in [1.165, 1.54) is 4.52 Å². The van der Waals surface area contributed by atoms with Crippen molar-refractivity contribution < 1.29 is 0 Å². The van der Waals surface area contributed by atoms with E-state index in [4.69, 9.17) is 28.2 Å². The van der Waals surface area contributed by atoms with Gasteiger partial charge in [0.05, 0.1) is 11.9 Å². The molecule has 0 aliphatic rings. The van der Waals surface area contributed by atoms with Gasteiger partial charge in [-0.25, -0.2) is 9.78 Å². The number of benzene rings is 1. The average Bonchev–Trinajstić information content (AvgIpc) is 3.35. The van der Waals surface area contributed by atoms with Crippen LogP contribution in [0, 0.1) is 6.92 Å². The second kappa shape index (κ2) is 7.75. The fourth-order valence-electron chi connectivity index (χ4n) is 3.82. The standard InChI is InChI=1S/C22H17Cl2N5OS/c1-3-14-12(2)31-21-18(14)20-26-19(13-6-5-9-25-10-13)27-29(20)22(30)28(21)11-15-16(23)7-4-8-17(15)24/h4-10H,3,11H2,1-2H3. The molecule has 0 radical (unpaired) electrons. The lowest BCUT2D eigenvalue weighted by molar-refractivity contribution is 0.720. The molecule has 0 saturated heterocycles. The van der Waals surface area contributed by atoms with Gasteiger partial charge in [0.15, 0.2) is 11.5 Å². The Morgan fingerprint density at radius 3 is 2.55 bits per heavy atom. The number of hydrogen-bond donors (Lipinski definition) is 0. The summed E-state index contributed by atoms with van der Waals surface area (Å²) in [4.78, 5) is 24.4. The number of halogens is 2. The minimum atomic E-state index is -0.287. The van der Waals surface area contributed by atoms with Gasteiger partial charge in [0, 0.05) is 38.4 Å². The predicted molar refractivity (Wildman–Crippen MR) is 126 cm³/mol. The monoisotopic (exact) mass is 469 g/mol. The van der Waals surface area contributed by atoms with Gasteiger partial charge in [-0.2, -0.15) is 4.52 Å². The Morgan fingerprint density at radius 2 is 1.87 bits per heavy atom. The van der Waals surface area contributed by atoms with Gasteiger partial charge in [0.1, 0.15) is 4.83 Å². The van der Waals surface area contributed by atoms with Crippen molar-refractivity contribution in [2.24, 2.45) is 0 Å². The maximum atomic E-state index is 13.6. The molecule has 0 atom stereocenters. The molecule has 5 rings (SSSR count). The molecule has 0 bridgehead atoms. The van der Waals surface area contributed by atoms with Crippen LogP contribution in [0.4, 0.5) is 0 Å². The first-order chi connectivity index (χ1) is 15.0. The smallest absolute Gasteiger partial charge is 0.278 e. The molecule has 0 fully saturated rings. The van der Waals surface area contributed by atoms with Gasteiger partial charge >= 0.3 is 5.69 Å². The third kappa shape index (κ3) is 3.24. The van der Waals surface area contributed by atoms with Crippen LogP contribution in [0.15, 0.2) is 47.5 Å². The van der Waals surface area contributed by atoms with Gasteiger partial charge in [-0.1, -0.05) is 36.2 Å². The average molecular weight is 470 g/mol. The molecule has 0 spiro atoms. The van der Waals surface area contributed by atoms with E-state index in [9.17, 15) is 4.79 Å². The van der Waals surface area contributed by atoms with Gasteiger partial charge in [-0.05, 0) is 43.2 Å². The Labute approximate surface area is 191 Å². The number of pyridine rings is 1. The minimum Gasteiger partial charge on any atom is -0.278 e. The SMILES string of the molecule is CCc1c(C)sc2c1c1nc(-c3cccnc3)nn1c(=O)n2Cc1c(Cl)cccc1Cl. The molecule has 1 aromatic carbocycles. The van der Waals surface area contributed by atoms with Crippen LogP contribution in [0.1, 0.15) is 22.9 Å². The Kier molecular flexibility index (Phi) is 5.04. The summed E-state index contributed by atoms with van der Waals surface area (Å²) in [5.74, 6) is 0.464. The molecule has 0 unspecified atom stereocenters. The first-order valence-electron chi connectivity index (χ1n) is 9.74. The highest BCUT2D eigenvalue weighted by Gasteiger charge is 2.22. The van der Waals surface area contributed by atoms with E-state index in [-0.39, 0.29) is 12.2 Å². The molecule has 0 aliphatic heterocycles. The molecule has 156 valence electrons. The maximum absolute atomic E-state index is 13.6. The Morgan fingerprint density at radius 1 is 1.10 bits per heavy atom. The first kappa shape index (κ1) is 20.2. The van der Waals surface area contributed by atoms with Crippen LogP contribution in [-0.4, -0.2) is 24.1 Å². The summed E-state index contributed by atoms with van der Waals surface area (Å²) in [7, 11) is 0. The zero-order valence-electron chi connectivity index (χ0n) is 16.8. The summed E-state index contributed by atoms with van der Waals surface area (Å²) < 4.78 is 3.06. The zero-order chi connectivity index (χ0) is 21.7. The second-order valence-electron chi connectivity index (χ2n) is 7.15. The van der Waals surface area contributed by atoms with Gasteiger partial charge < -0.3 is 0 Å². The molecule has 31 heavy (non-hydrogen) atoms. The third-order valence-electron chi connectivity index (χ3n) is 5.33. The molecule has 9 heteroatoms. The molecule has 0 saturated carbocycles. The van der Waals surface area contributed by atoms with E-state index in [0.717, 1.165) is 32.6 Å². The van der Waals surface area contributed by atoms with Crippen molar-refractivity contribution >= 4 is 50.4 Å². The lowest BCUT2D eigenvalue weighted by Crippen LogP contribution is -2.28. The van der Waals surface area contributed by atoms with E-state index in [1.807, 2.05) is 12.1 Å². The summed E-state index contributed by atoms with van der Waals surface area (Å²) in [5, 5.41) is 6.51. The third-order valence-corrected chi connectivity index (χ3v) is 7.21. The van der Waals surface area contributed by atoms with E-state index in [2.05, 4.69) is 23.9 Å². The minimum absolute atomic E-state index is 0.245. The molecule has 0 N–H and O–H groups in total. The molecule has 4 aromatic heterocycles. The van der Waals surface area contributed by atoms with Crippen molar-refractivity contribution in [1.82, 2.24) is 24.1 Å². The molecule has 0 amide bonds. The molecular formula is C22H17Cl2N5OS. The van der Waals surface area contributed by atoms with E-state index < -0.39 is 0 Å². The van der Waals surface area contributed by atoms with Crippen LogP contribution < -0.4 is 5.69 Å². The Hall–Kier alpha value is -2.74. The summed E-state index contributed by atoms with van der Waals surface area (Å²) in [6.07, 6.45) is 4.20. The number of aromatic nitrogens is 5. The van der Waals surface area contributed by atoms with Crippen LogP contribution in [0.3, 0.4) is 0 Å². The second-order valence-corrected chi connectivity index (χ2v) is 9.17. The molecule has 5 aromatic rings. The van der Waals surface area contributed by atoms with Crippen molar-refractivity contribution in [2.75, 3.05) is 0 Å². The highest BCUT2D eigenvalue weighted by molar-refractivity contribution is 7.19. The van der Waals surface area contributed by atoms with Crippen molar-refractivity contribution in [3.05, 3.63) is 79.3 Å². The van der Waals surface area contributed by atoms with E-state index >= 15 is 0 Å². The van der Waals surface area contributed by atoms with Crippen LogP contribution in [0.5, 0.6) is 0 Å². The lowest BCUT2D eigenvalue weighted by Gasteiger charge is -2.11. The summed E-state index contributed by atoms with van der Waals surface area (Å²) >= 11 is 14.4. The first-order valence-corrected chi connectivity index (χ1v) is 11.3. The van der Waals surface area contributed by atoms with Gasteiger partial charge in [0.25, 0.3) is 0 Å². The molecule has 4 heterocycles. The lowest BCUT2D eigenvalue weighted by atomic mass is 10.1. The van der Waals surface area contributed by atoms with Crippen LogP contribution >= 0.6 is 34.5 Å². The fourth-order valence-corrected chi connectivity index (χ4v) is 5.56. The highest BCUT2D eigenvalue weighted by Crippen LogP contribution is 2.34. The number of thiophene rings is 1. The summed E-state index contributed by atoms with van der Waals surface area (Å²) in [6, 6.07) is 9.03. The fraction of sp³-hybridized carbons (Fsp3) is 0.182. The van der Waals surface area contributed by atoms with Crippen molar-refractivity contribution in [2.45, 2.75) is 26.8 Å². The number of nitrogens with zero attached hydrogens (tertiary/aromatic N) is 5. The van der Waals surface area contributed by atoms with Gasteiger partial charge in [-0.3, -0.25) is 9.55 Å². The van der Waals surface area contributed by atoms with Crippen molar-refractivity contribution in [3.8, 4) is 11.4 Å². The predicted octanol–water partition coefficient (Wildman–Crippen LogP) is 5.39. The maximum Gasteiger partial charge on any atom is 0.352 e. The van der Waals surface area contributed by atoms with Crippen molar-refractivity contribution in [1.29, 1.82) is 0 Å². The molecule has 0 aliphatic carbocycles. The number of rotatable bonds is 4. The highest BCUT2D eigenvalue weighted by atomic mass is 35.5. The van der Waals surface area contributed by atoms with Crippen LogP contribution in [-0.2, 0) is 13.0 Å². The van der Waals surface area contributed by atoms with Gasteiger partial charge in [-0.15, -0.1) is 16.4 Å². The summed E-state index contributed by atoms with van der Waals surface area (Å²) in [5.41, 5.74) is 2.88. The van der Waals surface area contributed by atoms with Crippen molar-refractivity contribution in [3.63, 3.8) is 0 Å². The van der Waals surface area contributed by atoms with Gasteiger partial charge in [0.2, 0.25) is 0 Å². The normalized spacial score (nSPS) is 11.6. The molecular weight excluding hydrogens is 453 g/mol. The van der Waals surface area contributed by atoms with Crippen LogP contribution in [0.25, 0.3) is 27.3 Å².